The number of nitrogens with one attached hydrogen (secondary N) is 1. The minimum Gasteiger partial charge on any atom is -0.409 e. The lowest BCUT2D eigenvalue weighted by Crippen LogP contribution is -2.60. The molecule has 1 rings (SSSR count). The molecule has 2 unspecified atom stereocenters. The van der Waals surface area contributed by atoms with Gasteiger partial charge in [-0.05, 0) is 25.8 Å². The Kier molecular flexibility index (Phi) is 5.21. The molecule has 0 heterocycles. The molecule has 0 amide bonds. The summed E-state index contributed by atoms with van der Waals surface area (Å²) < 4.78 is 0. The van der Waals surface area contributed by atoms with E-state index >= 15 is 0 Å². The van der Waals surface area contributed by atoms with E-state index in [9.17, 15) is 5.11 Å². The van der Waals surface area contributed by atoms with Gasteiger partial charge in [0.1, 0.15) is 5.84 Å². The average molecular weight is 271 g/mol. The first-order valence-electron chi connectivity index (χ1n) is 7.11. The summed E-state index contributed by atoms with van der Waals surface area (Å²) in [7, 11) is 0. The normalized spacial score (nSPS) is 27.1. The van der Waals surface area contributed by atoms with Gasteiger partial charge in [0.25, 0.3) is 0 Å². The molecule has 1 aliphatic rings. The van der Waals surface area contributed by atoms with Crippen LogP contribution in [0, 0.1) is 10.8 Å². The molecule has 5 heteroatoms. The molecular weight excluding hydrogens is 242 g/mol. The Morgan fingerprint density at radius 3 is 2.53 bits per heavy atom. The van der Waals surface area contributed by atoms with Crippen LogP contribution in [0.15, 0.2) is 5.16 Å². The third kappa shape index (κ3) is 3.83. The number of oxime groups is 1. The Balaban J connectivity index is 2.16. The maximum Gasteiger partial charge on any atom is 0.144 e. The van der Waals surface area contributed by atoms with Crippen molar-refractivity contribution in [1.29, 1.82) is 0 Å². The molecule has 1 fully saturated rings. The Labute approximate surface area is 116 Å². The van der Waals surface area contributed by atoms with Gasteiger partial charge in [0.2, 0.25) is 0 Å². The van der Waals surface area contributed by atoms with Crippen LogP contribution in [0.1, 0.15) is 53.4 Å². The summed E-state index contributed by atoms with van der Waals surface area (Å²) in [5, 5.41) is 24.9. The zero-order valence-corrected chi connectivity index (χ0v) is 12.6. The lowest BCUT2D eigenvalue weighted by atomic mass is 9.64. The summed E-state index contributed by atoms with van der Waals surface area (Å²) in [6.45, 7) is 9.12. The molecule has 1 aliphatic carbocycles. The van der Waals surface area contributed by atoms with Gasteiger partial charge in [-0.15, -0.1) is 0 Å². The van der Waals surface area contributed by atoms with Crippen LogP contribution >= 0.6 is 0 Å². The number of nitrogens with zero attached hydrogens (tertiary/aromatic N) is 1. The second-order valence-electron chi connectivity index (χ2n) is 6.91. The summed E-state index contributed by atoms with van der Waals surface area (Å²) >= 11 is 0. The van der Waals surface area contributed by atoms with Crippen molar-refractivity contribution in [3.63, 3.8) is 0 Å². The number of amidine groups is 1. The second kappa shape index (κ2) is 6.09. The van der Waals surface area contributed by atoms with Crippen molar-refractivity contribution >= 4 is 5.84 Å². The monoisotopic (exact) mass is 271 g/mol. The van der Waals surface area contributed by atoms with Crippen LogP contribution in [0.4, 0.5) is 0 Å². The lowest BCUT2D eigenvalue weighted by molar-refractivity contribution is -0.0722. The molecule has 0 saturated heterocycles. The number of nitrogens with two attached hydrogens (primary N) is 1. The molecule has 0 aromatic heterocycles. The topological polar surface area (TPSA) is 90.9 Å². The molecule has 0 radical (unpaired) electrons. The van der Waals surface area contributed by atoms with Gasteiger partial charge in [-0.25, -0.2) is 0 Å². The fourth-order valence-electron chi connectivity index (χ4n) is 2.48. The van der Waals surface area contributed by atoms with Crippen molar-refractivity contribution in [3.8, 4) is 0 Å². The Hall–Kier alpha value is -0.810. The Morgan fingerprint density at radius 2 is 2.05 bits per heavy atom. The van der Waals surface area contributed by atoms with E-state index in [-0.39, 0.29) is 16.9 Å². The highest BCUT2D eigenvalue weighted by Crippen LogP contribution is 2.40. The summed E-state index contributed by atoms with van der Waals surface area (Å²) in [4.78, 5) is 0. The number of aliphatic hydroxyl groups is 1. The highest BCUT2D eigenvalue weighted by atomic mass is 16.4. The van der Waals surface area contributed by atoms with Crippen molar-refractivity contribution in [1.82, 2.24) is 5.32 Å². The number of aliphatic hydroxyl groups excluding tert-OH is 1. The van der Waals surface area contributed by atoms with Gasteiger partial charge >= 0.3 is 0 Å². The zero-order chi connectivity index (χ0) is 14.7. The summed E-state index contributed by atoms with van der Waals surface area (Å²) in [5.74, 6) is 0.295. The number of unbranched alkanes of at least 4 members (excludes halogenated alkanes) is 1. The van der Waals surface area contributed by atoms with Crippen LogP contribution in [0.25, 0.3) is 0 Å². The highest BCUT2D eigenvalue weighted by Gasteiger charge is 2.46. The van der Waals surface area contributed by atoms with Crippen LogP contribution in [0.5, 0.6) is 0 Å². The van der Waals surface area contributed by atoms with E-state index in [0.29, 0.717) is 11.9 Å². The van der Waals surface area contributed by atoms with Gasteiger partial charge in [0.05, 0.1) is 6.10 Å². The smallest absolute Gasteiger partial charge is 0.144 e. The second-order valence-corrected chi connectivity index (χ2v) is 6.91. The summed E-state index contributed by atoms with van der Waals surface area (Å²) in [5.41, 5.74) is 5.40. The van der Waals surface area contributed by atoms with Crippen LogP contribution in [0.3, 0.4) is 0 Å². The maximum absolute atomic E-state index is 9.65. The van der Waals surface area contributed by atoms with E-state index in [2.05, 4.69) is 24.3 Å². The molecule has 0 aliphatic heterocycles. The van der Waals surface area contributed by atoms with Gasteiger partial charge in [-0.3, -0.25) is 0 Å². The first-order valence-corrected chi connectivity index (χ1v) is 7.11. The van der Waals surface area contributed by atoms with E-state index in [4.69, 9.17) is 10.9 Å². The van der Waals surface area contributed by atoms with Gasteiger partial charge in [0.15, 0.2) is 0 Å². The van der Waals surface area contributed by atoms with Crippen molar-refractivity contribution in [3.05, 3.63) is 0 Å². The minimum absolute atomic E-state index is 0.00670. The van der Waals surface area contributed by atoms with Gasteiger partial charge in [-0.1, -0.05) is 39.3 Å². The van der Waals surface area contributed by atoms with E-state index in [1.54, 1.807) is 0 Å². The number of rotatable bonds is 7. The predicted octanol–water partition coefficient (Wildman–Crippen LogP) is 1.68. The van der Waals surface area contributed by atoms with Crippen LogP contribution < -0.4 is 11.1 Å². The Bertz CT molecular complexity index is 327. The van der Waals surface area contributed by atoms with E-state index in [1.165, 1.54) is 0 Å². The van der Waals surface area contributed by atoms with Crippen LogP contribution in [-0.2, 0) is 0 Å². The van der Waals surface area contributed by atoms with Crippen molar-refractivity contribution < 1.29 is 10.3 Å². The fourth-order valence-corrected chi connectivity index (χ4v) is 2.48. The standard InChI is InChI=1S/C14H29N3O2/c1-13(2,12(15)17-19)7-5-6-8-16-10-9-11(18)14(10,3)4/h10-11,16,18-19H,5-9H2,1-4H3,(H2,15,17). The minimum atomic E-state index is -0.249. The average Bonchev–Trinajstić information content (AvgIpc) is 2.35. The van der Waals surface area contributed by atoms with E-state index in [1.807, 2.05) is 13.8 Å². The summed E-state index contributed by atoms with van der Waals surface area (Å²) in [6, 6.07) is 0.416. The molecule has 2 atom stereocenters. The quantitative estimate of drug-likeness (QED) is 0.186. The molecule has 0 bridgehead atoms. The largest absolute Gasteiger partial charge is 0.409 e. The maximum atomic E-state index is 9.65. The van der Waals surface area contributed by atoms with E-state index < -0.39 is 0 Å². The molecular formula is C14H29N3O2. The molecule has 112 valence electrons. The van der Waals surface area contributed by atoms with Crippen molar-refractivity contribution in [2.45, 2.75) is 65.5 Å². The molecule has 0 aromatic rings. The van der Waals surface area contributed by atoms with E-state index in [0.717, 1.165) is 32.2 Å². The van der Waals surface area contributed by atoms with Crippen molar-refractivity contribution in [2.24, 2.45) is 21.7 Å². The molecule has 5 nitrogen and oxygen atoms in total. The third-order valence-electron chi connectivity index (χ3n) is 4.64. The van der Waals surface area contributed by atoms with Gasteiger partial charge in [-0.2, -0.15) is 0 Å². The zero-order valence-electron chi connectivity index (χ0n) is 12.6. The molecule has 19 heavy (non-hydrogen) atoms. The summed E-state index contributed by atoms with van der Waals surface area (Å²) in [6.07, 6.45) is 3.67. The van der Waals surface area contributed by atoms with Gasteiger partial charge in [0, 0.05) is 16.9 Å². The molecule has 0 aromatic carbocycles. The third-order valence-corrected chi connectivity index (χ3v) is 4.64. The predicted molar refractivity (Wildman–Crippen MR) is 77.2 cm³/mol. The molecule has 0 spiro atoms. The molecule has 5 N–H and O–H groups in total. The van der Waals surface area contributed by atoms with Crippen LogP contribution in [-0.4, -0.2) is 34.8 Å². The fraction of sp³-hybridized carbons (Fsp3) is 0.929. The highest BCUT2D eigenvalue weighted by molar-refractivity contribution is 5.85. The number of hydrogen-bond donors (Lipinski definition) is 4. The first kappa shape index (κ1) is 16.2. The lowest BCUT2D eigenvalue weighted by Gasteiger charge is -2.49. The SMILES string of the molecule is CC(C)(CCCCNC1CC(O)C1(C)C)C(N)=NO. The van der Waals surface area contributed by atoms with Crippen LogP contribution in [0.2, 0.25) is 0 Å². The van der Waals surface area contributed by atoms with Gasteiger partial charge < -0.3 is 21.4 Å². The first-order chi connectivity index (χ1) is 8.71. The Morgan fingerprint density at radius 1 is 1.42 bits per heavy atom. The van der Waals surface area contributed by atoms with Crippen molar-refractivity contribution in [2.75, 3.05) is 6.54 Å². The molecule has 1 saturated carbocycles. The number of hydrogen-bond acceptors (Lipinski definition) is 4.